The number of halogens is 1. The van der Waals surface area contributed by atoms with Crippen molar-refractivity contribution in [3.8, 4) is 56.8 Å². The molecule has 0 saturated carbocycles. The maximum absolute atomic E-state index is 14.8. The molecule has 2 fully saturated rings. The van der Waals surface area contributed by atoms with Crippen molar-refractivity contribution in [1.82, 2.24) is 30.1 Å². The van der Waals surface area contributed by atoms with Gasteiger partial charge < -0.3 is 38.2 Å². The second-order valence-corrected chi connectivity index (χ2v) is 20.5. The highest BCUT2D eigenvalue weighted by atomic mass is 19.1. The number of methoxy groups -OCH3 is 1. The van der Waals surface area contributed by atoms with Gasteiger partial charge in [-0.3, -0.25) is 29.0 Å². The van der Waals surface area contributed by atoms with Gasteiger partial charge in [0, 0.05) is 67.1 Å². The number of carboxylic acids is 2. The first-order valence-electron chi connectivity index (χ1n) is 26.3. The SMILES string of the molecule is COC(=O)C1(C(=O)OCOC(=O)OC(C)C)CCN(Cc2ccc(-c3noc(-c4ccc(CC(C)C)cc4)n3)cc2)CC1.O=C(O)C1(C(=O)O)CCN(Cc2ccc(-c3noc(-c4ccc(-c5ccccc5)c(F)c4)n3)cc2)CC1. The van der Waals surface area contributed by atoms with Crippen molar-refractivity contribution < 1.29 is 66.6 Å². The molecule has 0 aliphatic carbocycles. The summed E-state index contributed by atoms with van der Waals surface area (Å²) >= 11 is 0. The molecule has 0 unspecified atom stereocenters. The summed E-state index contributed by atoms with van der Waals surface area (Å²) in [4.78, 5) is 73.3. The molecule has 2 aliphatic heterocycles. The van der Waals surface area contributed by atoms with Crippen LogP contribution in [0.3, 0.4) is 0 Å². The molecule has 2 aromatic heterocycles. The largest absolute Gasteiger partial charge is 0.511 e. The third-order valence-corrected chi connectivity index (χ3v) is 14.1. The Hall–Kier alpha value is -8.62. The Labute approximate surface area is 461 Å². The zero-order valence-electron chi connectivity index (χ0n) is 45.1. The summed E-state index contributed by atoms with van der Waals surface area (Å²) in [7, 11) is 1.23. The number of ether oxygens (including phenoxy) is 4. The molecule has 0 bridgehead atoms. The number of nitrogens with zero attached hydrogens (tertiary/aromatic N) is 6. The number of hydrogen-bond acceptors (Lipinski definition) is 17. The third-order valence-electron chi connectivity index (χ3n) is 14.1. The van der Waals surface area contributed by atoms with E-state index in [9.17, 15) is 38.6 Å². The van der Waals surface area contributed by atoms with Gasteiger partial charge in [-0.1, -0.05) is 121 Å². The van der Waals surface area contributed by atoms with Crippen molar-refractivity contribution in [2.24, 2.45) is 16.7 Å². The Bertz CT molecular complexity index is 3220. The van der Waals surface area contributed by atoms with Crippen LogP contribution in [0.5, 0.6) is 0 Å². The van der Waals surface area contributed by atoms with Crippen molar-refractivity contribution in [2.45, 2.75) is 79.0 Å². The highest BCUT2D eigenvalue weighted by molar-refractivity contribution is 6.00. The van der Waals surface area contributed by atoms with E-state index in [0.29, 0.717) is 73.9 Å². The number of aromatic nitrogens is 4. The molecule has 418 valence electrons. The lowest BCUT2D eigenvalue weighted by atomic mass is 9.78. The average molecular weight is 1100 g/mol. The molecule has 80 heavy (non-hydrogen) atoms. The molecule has 19 nitrogen and oxygen atoms in total. The fraction of sp³-hybridized carbons (Fsp3) is 0.350. The molecule has 0 radical (unpaired) electrons. The second-order valence-electron chi connectivity index (χ2n) is 20.5. The van der Waals surface area contributed by atoms with Gasteiger partial charge in [0.15, 0.2) is 10.8 Å². The van der Waals surface area contributed by atoms with Gasteiger partial charge in [0.05, 0.1) is 13.2 Å². The second kappa shape index (κ2) is 25.9. The lowest BCUT2D eigenvalue weighted by Gasteiger charge is -2.37. The van der Waals surface area contributed by atoms with E-state index < -0.39 is 47.7 Å². The Morgan fingerprint density at radius 3 is 1.54 bits per heavy atom. The van der Waals surface area contributed by atoms with Crippen molar-refractivity contribution in [3.63, 3.8) is 0 Å². The summed E-state index contributed by atoms with van der Waals surface area (Å²) in [6.45, 7) is 9.96. The van der Waals surface area contributed by atoms with Gasteiger partial charge in [0.25, 0.3) is 11.8 Å². The van der Waals surface area contributed by atoms with Crippen LogP contribution < -0.4 is 0 Å². The normalized spacial score (nSPS) is 15.1. The number of aliphatic carboxylic acids is 2. The van der Waals surface area contributed by atoms with Gasteiger partial charge in [-0.05, 0) is 98.4 Å². The summed E-state index contributed by atoms with van der Waals surface area (Å²) in [5, 5.41) is 27.0. The number of carbonyl (C=O) groups is 5. The summed E-state index contributed by atoms with van der Waals surface area (Å²) in [6, 6.07) is 37.7. The van der Waals surface area contributed by atoms with Crippen LogP contribution in [-0.2, 0) is 57.6 Å². The number of carbonyl (C=O) groups excluding carboxylic acids is 3. The predicted octanol–water partition coefficient (Wildman–Crippen LogP) is 10.4. The fourth-order valence-corrected chi connectivity index (χ4v) is 9.59. The quantitative estimate of drug-likeness (QED) is 0.0351. The van der Waals surface area contributed by atoms with Crippen LogP contribution in [0.2, 0.25) is 0 Å². The molecule has 0 spiro atoms. The molecule has 0 atom stereocenters. The number of carboxylic acid groups (broad SMARTS) is 2. The van der Waals surface area contributed by atoms with E-state index in [4.69, 9.17) is 28.0 Å². The van der Waals surface area contributed by atoms with Crippen LogP contribution >= 0.6 is 0 Å². The van der Waals surface area contributed by atoms with E-state index in [-0.39, 0.29) is 43.5 Å². The smallest absolute Gasteiger partial charge is 0.480 e. The minimum atomic E-state index is -1.71. The van der Waals surface area contributed by atoms with Gasteiger partial charge in [0.2, 0.25) is 18.4 Å². The monoisotopic (exact) mass is 1090 g/mol. The van der Waals surface area contributed by atoms with E-state index in [2.05, 4.69) is 51.2 Å². The topological polar surface area (TPSA) is 247 Å². The Kier molecular flexibility index (Phi) is 18.6. The molecule has 2 N–H and O–H groups in total. The summed E-state index contributed by atoms with van der Waals surface area (Å²) < 4.78 is 45.3. The molecule has 0 amide bonds. The van der Waals surface area contributed by atoms with E-state index >= 15 is 0 Å². The van der Waals surface area contributed by atoms with Crippen LogP contribution in [0.4, 0.5) is 9.18 Å². The Morgan fingerprint density at radius 1 is 0.588 bits per heavy atom. The van der Waals surface area contributed by atoms with Crippen molar-refractivity contribution in [1.29, 1.82) is 0 Å². The third kappa shape index (κ3) is 14.0. The van der Waals surface area contributed by atoms with Gasteiger partial charge in [-0.25, -0.2) is 9.18 Å². The first-order chi connectivity index (χ1) is 38.4. The number of benzene rings is 5. The molecule has 2 saturated heterocycles. The number of rotatable bonds is 18. The first kappa shape index (κ1) is 57.6. The molecule has 2 aliphatic rings. The maximum Gasteiger partial charge on any atom is 0.511 e. The first-order valence-corrected chi connectivity index (χ1v) is 26.3. The van der Waals surface area contributed by atoms with Gasteiger partial charge in [-0.15, -0.1) is 0 Å². The lowest BCUT2D eigenvalue weighted by molar-refractivity contribution is -0.181. The molecular weight excluding hydrogens is 1030 g/mol. The number of likely N-dealkylation sites (tertiary alicyclic amines) is 2. The highest BCUT2D eigenvalue weighted by Crippen LogP contribution is 2.37. The Morgan fingerprint density at radius 2 is 1.06 bits per heavy atom. The molecule has 20 heteroatoms. The van der Waals surface area contributed by atoms with Gasteiger partial charge in [0.1, 0.15) is 5.82 Å². The van der Waals surface area contributed by atoms with E-state index in [1.165, 1.54) is 18.7 Å². The molecule has 5 aromatic carbocycles. The van der Waals surface area contributed by atoms with Crippen molar-refractivity contribution in [3.05, 3.63) is 144 Å². The number of hydrogen-bond donors (Lipinski definition) is 2. The van der Waals surface area contributed by atoms with Crippen molar-refractivity contribution >= 4 is 30.0 Å². The number of esters is 2. The Balaban J connectivity index is 0.000000212. The summed E-state index contributed by atoms with van der Waals surface area (Å²) in [6.07, 6.45) is 0.226. The van der Waals surface area contributed by atoms with Crippen LogP contribution in [0, 0.1) is 22.6 Å². The molecule has 4 heterocycles. The van der Waals surface area contributed by atoms with Crippen molar-refractivity contribution in [2.75, 3.05) is 40.1 Å². The molecule has 7 aromatic rings. The fourth-order valence-electron chi connectivity index (χ4n) is 9.59. The zero-order chi connectivity index (χ0) is 57.0. The molecular formula is C60H63FN6O13. The minimum absolute atomic E-state index is 0.0638. The summed E-state index contributed by atoms with van der Waals surface area (Å²) in [5.41, 5.74) is 4.34. The maximum atomic E-state index is 14.8. The lowest BCUT2D eigenvalue weighted by Crippen LogP contribution is -2.50. The predicted molar refractivity (Wildman–Crippen MR) is 289 cm³/mol. The van der Waals surface area contributed by atoms with E-state index in [1.807, 2.05) is 95.9 Å². The standard InChI is InChI=1S/C32H39N3O8.C28H24FN3O5/c1-21(2)18-23-6-12-26(13-7-23)28-33-27(34-43-28)25-10-8-24(9-11-25)19-35-16-14-32(15-17-35,29(36)39-5)30(37)40-20-41-31(38)42-22(3)4;29-23-16-21(10-11-22(23)19-4-2-1-3-5-19)25-30-24(31-37-25)20-8-6-18(7-9-20)17-32-14-12-28(13-15-32,26(33)34)27(35)36/h6-13,21-22H,14-20H2,1-5H3;1-11,16H,12-15,17H2,(H,33,34)(H,35,36). The molecule has 9 rings (SSSR count). The highest BCUT2D eigenvalue weighted by Gasteiger charge is 2.51. The van der Waals surface area contributed by atoms with Crippen LogP contribution in [0.15, 0.2) is 130 Å². The minimum Gasteiger partial charge on any atom is -0.480 e. The average Bonchev–Trinajstić information content (AvgIpc) is 4.18. The number of piperidine rings is 2. The van der Waals surface area contributed by atoms with Crippen LogP contribution in [0.1, 0.15) is 70.1 Å². The van der Waals surface area contributed by atoms with Crippen LogP contribution in [-0.4, -0.2) is 117 Å². The van der Waals surface area contributed by atoms with Gasteiger partial charge >= 0.3 is 30.0 Å². The van der Waals surface area contributed by atoms with E-state index in [0.717, 1.165) is 39.8 Å². The zero-order valence-corrected chi connectivity index (χ0v) is 45.1. The van der Waals surface area contributed by atoms with Gasteiger partial charge in [-0.2, -0.15) is 9.97 Å². The van der Waals surface area contributed by atoms with E-state index in [1.54, 1.807) is 26.0 Å². The summed E-state index contributed by atoms with van der Waals surface area (Å²) in [5.74, 6) is -2.24. The van der Waals surface area contributed by atoms with Crippen LogP contribution in [0.25, 0.3) is 56.8 Å².